The van der Waals surface area contributed by atoms with E-state index in [-0.39, 0.29) is 5.28 Å². The third-order valence-electron chi connectivity index (χ3n) is 1.14. The molecule has 1 aromatic rings. The molecule has 0 atom stereocenters. The summed E-state index contributed by atoms with van der Waals surface area (Å²) < 4.78 is 0. The SMILES string of the molecule is Cc1nc(Cl)nc(SCCC#N)n1. The first-order valence-corrected chi connectivity index (χ1v) is 4.96. The van der Waals surface area contributed by atoms with Crippen LogP contribution in [0.3, 0.4) is 0 Å². The van der Waals surface area contributed by atoms with Crippen molar-refractivity contribution in [3.8, 4) is 6.07 Å². The van der Waals surface area contributed by atoms with Crippen molar-refractivity contribution in [2.75, 3.05) is 5.75 Å². The summed E-state index contributed by atoms with van der Waals surface area (Å²) in [6.07, 6.45) is 0.479. The number of thioether (sulfide) groups is 1. The van der Waals surface area contributed by atoms with Crippen molar-refractivity contribution in [1.82, 2.24) is 15.0 Å². The van der Waals surface area contributed by atoms with Crippen molar-refractivity contribution in [1.29, 1.82) is 5.26 Å². The van der Waals surface area contributed by atoms with Crippen molar-refractivity contribution in [2.24, 2.45) is 0 Å². The van der Waals surface area contributed by atoms with Crippen molar-refractivity contribution < 1.29 is 0 Å². The van der Waals surface area contributed by atoms with Crippen LogP contribution in [0.25, 0.3) is 0 Å². The molecule has 0 aliphatic carbocycles. The summed E-state index contributed by atoms with van der Waals surface area (Å²) in [5.74, 6) is 1.27. The third kappa shape index (κ3) is 3.57. The Labute approximate surface area is 85.4 Å². The monoisotopic (exact) mass is 214 g/mol. The highest BCUT2D eigenvalue weighted by atomic mass is 35.5. The first-order valence-electron chi connectivity index (χ1n) is 3.60. The van der Waals surface area contributed by atoms with Gasteiger partial charge in [-0.2, -0.15) is 10.2 Å². The van der Waals surface area contributed by atoms with E-state index in [4.69, 9.17) is 16.9 Å². The highest BCUT2D eigenvalue weighted by molar-refractivity contribution is 7.99. The molecule has 0 saturated carbocycles. The van der Waals surface area contributed by atoms with E-state index in [9.17, 15) is 0 Å². The molecule has 1 aromatic heterocycles. The van der Waals surface area contributed by atoms with Crippen LogP contribution >= 0.6 is 23.4 Å². The molecule has 13 heavy (non-hydrogen) atoms. The molecule has 1 heterocycles. The summed E-state index contributed by atoms with van der Waals surface area (Å²) in [5, 5.41) is 9.09. The predicted octanol–water partition coefficient (Wildman–Crippen LogP) is 1.84. The zero-order chi connectivity index (χ0) is 9.68. The van der Waals surface area contributed by atoms with Gasteiger partial charge in [0, 0.05) is 12.2 Å². The highest BCUT2D eigenvalue weighted by Gasteiger charge is 2.01. The van der Waals surface area contributed by atoms with Gasteiger partial charge in [0.1, 0.15) is 5.82 Å². The summed E-state index contributed by atoms with van der Waals surface area (Å²) >= 11 is 7.03. The van der Waals surface area contributed by atoms with E-state index >= 15 is 0 Å². The van der Waals surface area contributed by atoms with Crippen LogP contribution < -0.4 is 0 Å². The van der Waals surface area contributed by atoms with Gasteiger partial charge in [0.05, 0.1) is 6.07 Å². The molecule has 0 aromatic carbocycles. The lowest BCUT2D eigenvalue weighted by Crippen LogP contribution is -1.95. The maximum atomic E-state index is 8.31. The summed E-state index contributed by atoms with van der Waals surface area (Å²) in [6, 6.07) is 2.04. The quantitative estimate of drug-likeness (QED) is 0.568. The Balaban J connectivity index is 2.62. The standard InChI is InChI=1S/C7H7ClN4S/c1-5-10-6(8)12-7(11-5)13-4-2-3-9/h2,4H2,1H3. The topological polar surface area (TPSA) is 62.5 Å². The molecule has 0 saturated heterocycles. The Kier molecular flexibility index (Phi) is 3.93. The number of hydrogen-bond acceptors (Lipinski definition) is 5. The van der Waals surface area contributed by atoms with E-state index in [1.165, 1.54) is 11.8 Å². The molecule has 6 heteroatoms. The molecule has 0 N–H and O–H groups in total. The summed E-state index contributed by atoms with van der Waals surface area (Å²) in [7, 11) is 0. The van der Waals surface area contributed by atoms with Crippen LogP contribution in [0.2, 0.25) is 5.28 Å². The minimum Gasteiger partial charge on any atom is -0.208 e. The fourth-order valence-corrected chi connectivity index (χ4v) is 1.65. The molecule has 0 spiro atoms. The Morgan fingerprint density at radius 3 is 2.85 bits per heavy atom. The van der Waals surface area contributed by atoms with Gasteiger partial charge >= 0.3 is 0 Å². The first-order chi connectivity index (χ1) is 6.22. The van der Waals surface area contributed by atoms with E-state index in [1.807, 2.05) is 6.07 Å². The zero-order valence-corrected chi connectivity index (χ0v) is 8.56. The third-order valence-corrected chi connectivity index (χ3v) is 2.16. The summed E-state index contributed by atoms with van der Waals surface area (Å²) in [5.41, 5.74) is 0. The fraction of sp³-hybridized carbons (Fsp3) is 0.429. The number of hydrogen-bond donors (Lipinski definition) is 0. The van der Waals surface area contributed by atoms with Gasteiger partial charge in [-0.25, -0.2) is 9.97 Å². The van der Waals surface area contributed by atoms with Crippen molar-refractivity contribution in [3.05, 3.63) is 11.1 Å². The van der Waals surface area contributed by atoms with Crippen LogP contribution in [-0.4, -0.2) is 20.7 Å². The van der Waals surface area contributed by atoms with E-state index in [0.29, 0.717) is 23.2 Å². The van der Waals surface area contributed by atoms with Gasteiger partial charge in [0.15, 0.2) is 5.16 Å². The number of nitriles is 1. The summed E-state index contributed by atoms with van der Waals surface area (Å²) in [6.45, 7) is 1.75. The summed E-state index contributed by atoms with van der Waals surface area (Å²) in [4.78, 5) is 11.8. The maximum Gasteiger partial charge on any atom is 0.226 e. The smallest absolute Gasteiger partial charge is 0.208 e. The first kappa shape index (κ1) is 10.2. The van der Waals surface area contributed by atoms with E-state index < -0.39 is 0 Å². The Hall–Kier alpha value is -0.860. The molecular formula is C7H7ClN4S. The lowest BCUT2D eigenvalue weighted by Gasteiger charge is -1.98. The number of rotatable bonds is 3. The molecule has 4 nitrogen and oxygen atoms in total. The van der Waals surface area contributed by atoms with Crippen molar-refractivity contribution >= 4 is 23.4 Å². The van der Waals surface area contributed by atoms with Crippen LogP contribution in [0.15, 0.2) is 5.16 Å². The molecule has 0 fully saturated rings. The molecule has 0 aliphatic heterocycles. The normalized spacial score (nSPS) is 9.62. The number of halogens is 1. The predicted molar refractivity (Wildman–Crippen MR) is 50.5 cm³/mol. The Bertz CT molecular complexity index is 316. The average molecular weight is 215 g/mol. The van der Waals surface area contributed by atoms with Crippen LogP contribution in [0.5, 0.6) is 0 Å². The van der Waals surface area contributed by atoms with Gasteiger partial charge in [0.2, 0.25) is 5.28 Å². The van der Waals surface area contributed by atoms with Gasteiger partial charge < -0.3 is 0 Å². The second-order valence-electron chi connectivity index (χ2n) is 2.19. The largest absolute Gasteiger partial charge is 0.226 e. The second kappa shape index (κ2) is 5.00. The highest BCUT2D eigenvalue weighted by Crippen LogP contribution is 2.14. The van der Waals surface area contributed by atoms with E-state index in [0.717, 1.165) is 0 Å². The Morgan fingerprint density at radius 1 is 1.46 bits per heavy atom. The van der Waals surface area contributed by atoms with E-state index in [1.54, 1.807) is 6.92 Å². The van der Waals surface area contributed by atoms with Gasteiger partial charge in [-0.05, 0) is 18.5 Å². The fourth-order valence-electron chi connectivity index (χ4n) is 0.678. The average Bonchev–Trinajstić information content (AvgIpc) is 2.03. The molecule has 0 amide bonds. The molecular weight excluding hydrogens is 208 g/mol. The van der Waals surface area contributed by atoms with Crippen LogP contribution in [0, 0.1) is 18.3 Å². The Morgan fingerprint density at radius 2 is 2.23 bits per heavy atom. The lowest BCUT2D eigenvalue weighted by molar-refractivity contribution is 0.858. The van der Waals surface area contributed by atoms with Crippen molar-refractivity contribution in [3.63, 3.8) is 0 Å². The molecule has 0 bridgehead atoms. The van der Waals surface area contributed by atoms with Crippen LogP contribution in [-0.2, 0) is 0 Å². The van der Waals surface area contributed by atoms with Crippen LogP contribution in [0.1, 0.15) is 12.2 Å². The number of aryl methyl sites for hydroxylation is 1. The number of aromatic nitrogens is 3. The van der Waals surface area contributed by atoms with Crippen molar-refractivity contribution in [2.45, 2.75) is 18.5 Å². The molecule has 0 aliphatic rings. The zero-order valence-electron chi connectivity index (χ0n) is 6.99. The second-order valence-corrected chi connectivity index (χ2v) is 3.59. The maximum absolute atomic E-state index is 8.31. The molecule has 0 unspecified atom stereocenters. The van der Waals surface area contributed by atoms with Gasteiger partial charge in [-0.15, -0.1) is 0 Å². The van der Waals surface area contributed by atoms with E-state index in [2.05, 4.69) is 15.0 Å². The lowest BCUT2D eigenvalue weighted by atomic mass is 10.6. The van der Waals surface area contributed by atoms with Gasteiger partial charge in [-0.1, -0.05) is 11.8 Å². The molecule has 68 valence electrons. The number of nitrogens with zero attached hydrogens (tertiary/aromatic N) is 4. The van der Waals surface area contributed by atoms with Gasteiger partial charge in [-0.3, -0.25) is 0 Å². The molecule has 0 radical (unpaired) electrons. The molecule has 1 rings (SSSR count). The van der Waals surface area contributed by atoms with Crippen LogP contribution in [0.4, 0.5) is 0 Å². The minimum absolute atomic E-state index is 0.201. The van der Waals surface area contributed by atoms with Gasteiger partial charge in [0.25, 0.3) is 0 Å². The minimum atomic E-state index is 0.201.